The predicted molar refractivity (Wildman–Crippen MR) is 88.2 cm³/mol. The van der Waals surface area contributed by atoms with Crippen molar-refractivity contribution in [3.8, 4) is 0 Å². The van der Waals surface area contributed by atoms with Crippen LogP contribution in [-0.2, 0) is 4.79 Å². The molecular weight excluding hydrogens is 294 g/mol. The van der Waals surface area contributed by atoms with Crippen LogP contribution in [0.2, 0.25) is 0 Å². The third kappa shape index (κ3) is 3.09. The van der Waals surface area contributed by atoms with Crippen LogP contribution >= 0.6 is 0 Å². The third-order valence-electron chi connectivity index (χ3n) is 4.59. The molecule has 0 bridgehead atoms. The number of aromatic nitrogens is 1. The predicted octanol–water partition coefficient (Wildman–Crippen LogP) is 1.75. The van der Waals surface area contributed by atoms with Gasteiger partial charge in [-0.25, -0.2) is 14.8 Å². The fraction of sp³-hybridized carbons (Fsp3) is 0.562. The fourth-order valence-corrected chi connectivity index (χ4v) is 3.21. The van der Waals surface area contributed by atoms with E-state index in [1.807, 2.05) is 6.07 Å². The van der Waals surface area contributed by atoms with Crippen molar-refractivity contribution in [2.75, 3.05) is 30.5 Å². The normalized spacial score (nSPS) is 18.9. The second-order valence-electron chi connectivity index (χ2n) is 6.16. The lowest BCUT2D eigenvalue weighted by molar-refractivity contribution is -0.120. The Labute approximate surface area is 136 Å². The molecule has 0 spiro atoms. The summed E-state index contributed by atoms with van der Waals surface area (Å²) in [4.78, 5) is 30.7. The molecule has 2 heterocycles. The van der Waals surface area contributed by atoms with E-state index >= 15 is 0 Å². The summed E-state index contributed by atoms with van der Waals surface area (Å²) >= 11 is 0. The minimum atomic E-state index is -0.230. The van der Waals surface area contributed by atoms with E-state index in [9.17, 15) is 9.59 Å². The Morgan fingerprint density at radius 3 is 2.74 bits per heavy atom. The van der Waals surface area contributed by atoms with Crippen LogP contribution in [0.4, 0.5) is 16.3 Å². The number of carbonyl (C=O) groups excluding carboxylic acids is 2. The molecule has 1 aromatic rings. The quantitative estimate of drug-likeness (QED) is 0.922. The molecule has 7 heteroatoms. The number of carbonyl (C=O) groups is 2. The highest BCUT2D eigenvalue weighted by Crippen LogP contribution is 2.31. The average molecular weight is 317 g/mol. The first-order chi connectivity index (χ1) is 11.1. The van der Waals surface area contributed by atoms with Gasteiger partial charge in [0.2, 0.25) is 5.91 Å². The minimum Gasteiger partial charge on any atom is -0.352 e. The minimum absolute atomic E-state index is 0.0200. The molecule has 124 valence electrons. The zero-order valence-electron chi connectivity index (χ0n) is 13.7. The number of pyridine rings is 1. The number of hydrogen-bond acceptors (Lipinski definition) is 4. The van der Waals surface area contributed by atoms with Gasteiger partial charge >= 0.3 is 6.03 Å². The highest BCUT2D eigenvalue weighted by Gasteiger charge is 2.34. The van der Waals surface area contributed by atoms with E-state index in [0.717, 1.165) is 25.7 Å². The number of urea groups is 1. The smallest absolute Gasteiger partial charge is 0.343 e. The van der Waals surface area contributed by atoms with Gasteiger partial charge in [0.05, 0.1) is 5.69 Å². The first-order valence-corrected chi connectivity index (χ1v) is 8.11. The van der Waals surface area contributed by atoms with Crippen LogP contribution in [0.5, 0.6) is 0 Å². The van der Waals surface area contributed by atoms with E-state index < -0.39 is 0 Å². The average Bonchev–Trinajstić information content (AvgIpc) is 2.57. The Morgan fingerprint density at radius 1 is 1.26 bits per heavy atom. The SMILES string of the molecule is CN1C(=O)N(CC(=O)NC2CCCCC2)c2cccnc2N1C. The number of nitrogens with one attached hydrogen (secondary N) is 1. The number of fused-ring (bicyclic) bond motifs is 1. The van der Waals surface area contributed by atoms with Crippen molar-refractivity contribution in [3.63, 3.8) is 0 Å². The topological polar surface area (TPSA) is 68.8 Å². The Kier molecular flexibility index (Phi) is 4.36. The second kappa shape index (κ2) is 6.44. The van der Waals surface area contributed by atoms with E-state index in [4.69, 9.17) is 0 Å². The molecular formula is C16H23N5O2. The molecule has 1 aliphatic carbocycles. The fourth-order valence-electron chi connectivity index (χ4n) is 3.21. The zero-order valence-corrected chi connectivity index (χ0v) is 13.7. The van der Waals surface area contributed by atoms with Crippen molar-refractivity contribution in [2.45, 2.75) is 38.1 Å². The number of amides is 3. The molecule has 1 aromatic heterocycles. The maximum absolute atomic E-state index is 12.5. The molecule has 1 saturated carbocycles. The van der Waals surface area contributed by atoms with Gasteiger partial charge in [-0.05, 0) is 25.0 Å². The molecule has 1 fully saturated rings. The molecule has 1 N–H and O–H groups in total. The van der Waals surface area contributed by atoms with E-state index in [-0.39, 0.29) is 24.5 Å². The van der Waals surface area contributed by atoms with Crippen LogP contribution in [0.15, 0.2) is 18.3 Å². The monoisotopic (exact) mass is 317 g/mol. The Hall–Kier alpha value is -2.31. The first kappa shape index (κ1) is 15.6. The number of rotatable bonds is 3. The van der Waals surface area contributed by atoms with Gasteiger partial charge < -0.3 is 5.32 Å². The molecule has 0 radical (unpaired) electrons. The molecule has 3 amide bonds. The van der Waals surface area contributed by atoms with E-state index in [1.54, 1.807) is 31.4 Å². The van der Waals surface area contributed by atoms with Crippen molar-refractivity contribution >= 4 is 23.4 Å². The number of hydrazine groups is 1. The van der Waals surface area contributed by atoms with Crippen LogP contribution < -0.4 is 15.2 Å². The molecule has 7 nitrogen and oxygen atoms in total. The second-order valence-corrected chi connectivity index (χ2v) is 6.16. The summed E-state index contributed by atoms with van der Waals surface area (Å²) in [6, 6.07) is 3.60. The van der Waals surface area contributed by atoms with Gasteiger partial charge in [0, 0.05) is 26.3 Å². The molecule has 0 unspecified atom stereocenters. The first-order valence-electron chi connectivity index (χ1n) is 8.11. The van der Waals surface area contributed by atoms with Crippen LogP contribution in [-0.4, -0.2) is 48.6 Å². The molecule has 1 aliphatic heterocycles. The Bertz CT molecular complexity index is 600. The lowest BCUT2D eigenvalue weighted by Crippen LogP contribution is -2.56. The molecule has 0 saturated heterocycles. The van der Waals surface area contributed by atoms with E-state index in [2.05, 4.69) is 10.3 Å². The van der Waals surface area contributed by atoms with Gasteiger partial charge in [-0.3, -0.25) is 14.7 Å². The van der Waals surface area contributed by atoms with Gasteiger partial charge in [-0.15, -0.1) is 0 Å². The summed E-state index contributed by atoms with van der Waals surface area (Å²) < 4.78 is 0. The van der Waals surface area contributed by atoms with E-state index in [0.29, 0.717) is 11.5 Å². The van der Waals surface area contributed by atoms with Crippen molar-refractivity contribution in [1.29, 1.82) is 0 Å². The number of nitrogens with zero attached hydrogens (tertiary/aromatic N) is 4. The molecule has 3 rings (SSSR count). The van der Waals surface area contributed by atoms with Gasteiger partial charge in [0.1, 0.15) is 6.54 Å². The summed E-state index contributed by atoms with van der Waals surface area (Å²) in [5.41, 5.74) is 0.664. The van der Waals surface area contributed by atoms with Crippen LogP contribution in [0, 0.1) is 0 Å². The summed E-state index contributed by atoms with van der Waals surface area (Å²) in [7, 11) is 3.45. The van der Waals surface area contributed by atoms with Gasteiger partial charge in [0.15, 0.2) is 5.82 Å². The zero-order chi connectivity index (χ0) is 16.4. The highest BCUT2D eigenvalue weighted by atomic mass is 16.2. The molecule has 0 atom stereocenters. The summed E-state index contributed by atoms with van der Waals surface area (Å²) in [6.07, 6.45) is 7.30. The lowest BCUT2D eigenvalue weighted by Gasteiger charge is -2.40. The maximum Gasteiger partial charge on any atom is 0.343 e. The van der Waals surface area contributed by atoms with Gasteiger partial charge in [0.25, 0.3) is 0 Å². The largest absolute Gasteiger partial charge is 0.352 e. The lowest BCUT2D eigenvalue weighted by atomic mass is 9.95. The Balaban J connectivity index is 1.74. The van der Waals surface area contributed by atoms with Crippen molar-refractivity contribution < 1.29 is 9.59 Å². The summed E-state index contributed by atoms with van der Waals surface area (Å²) in [5, 5.41) is 6.21. The highest BCUT2D eigenvalue weighted by molar-refractivity contribution is 6.02. The van der Waals surface area contributed by atoms with Crippen LogP contribution in [0.3, 0.4) is 0 Å². The standard InChI is InChI=1S/C16H23N5O2/c1-19-15-13(9-6-10-17-15)21(16(23)20(19)2)11-14(22)18-12-7-4-3-5-8-12/h6,9-10,12H,3-5,7-8,11H2,1-2H3,(H,18,22). The number of hydrogen-bond donors (Lipinski definition) is 1. The van der Waals surface area contributed by atoms with Gasteiger partial charge in [-0.1, -0.05) is 19.3 Å². The van der Waals surface area contributed by atoms with E-state index in [1.165, 1.54) is 16.3 Å². The number of anilines is 2. The maximum atomic E-state index is 12.5. The Morgan fingerprint density at radius 2 is 2.00 bits per heavy atom. The van der Waals surface area contributed by atoms with Crippen molar-refractivity contribution in [1.82, 2.24) is 15.3 Å². The van der Waals surface area contributed by atoms with Gasteiger partial charge in [-0.2, -0.15) is 0 Å². The summed E-state index contributed by atoms with van der Waals surface area (Å²) in [5.74, 6) is 0.554. The molecule has 0 aromatic carbocycles. The van der Waals surface area contributed by atoms with Crippen molar-refractivity contribution in [2.24, 2.45) is 0 Å². The van der Waals surface area contributed by atoms with Crippen LogP contribution in [0.1, 0.15) is 32.1 Å². The third-order valence-corrected chi connectivity index (χ3v) is 4.59. The molecule has 23 heavy (non-hydrogen) atoms. The van der Waals surface area contributed by atoms with Crippen LogP contribution in [0.25, 0.3) is 0 Å². The summed E-state index contributed by atoms with van der Waals surface area (Å²) in [6.45, 7) is 0.0200. The molecule has 2 aliphatic rings. The van der Waals surface area contributed by atoms with Crippen molar-refractivity contribution in [3.05, 3.63) is 18.3 Å².